The fourth-order valence-electron chi connectivity index (χ4n) is 2.56. The minimum absolute atomic E-state index is 0.330. The van der Waals surface area contributed by atoms with E-state index in [4.69, 9.17) is 9.84 Å². The lowest BCUT2D eigenvalue weighted by Gasteiger charge is -2.41. The van der Waals surface area contributed by atoms with E-state index in [1.165, 1.54) is 12.1 Å². The third-order valence-electron chi connectivity index (χ3n) is 4.11. The number of carboxylic acid groups (broad SMARTS) is 1. The first-order valence-electron chi connectivity index (χ1n) is 8.10. The number of hydrogen-bond donors (Lipinski definition) is 1. The number of aliphatic carboxylic acids is 1. The summed E-state index contributed by atoms with van der Waals surface area (Å²) in [6.45, 7) is -0.330. The van der Waals surface area contributed by atoms with E-state index < -0.39 is 35.2 Å². The molecule has 0 radical (unpaired) electrons. The predicted molar refractivity (Wildman–Crippen MR) is 85.4 cm³/mol. The predicted octanol–water partition coefficient (Wildman–Crippen LogP) is 3.20. The Bertz CT molecular complexity index is 732. The van der Waals surface area contributed by atoms with Crippen molar-refractivity contribution in [1.82, 2.24) is 0 Å². The molecule has 0 spiro atoms. The number of esters is 2. The number of carbonyl (C=O) groups excluding carboxylic acids is 2. The highest BCUT2D eigenvalue weighted by molar-refractivity contribution is 5.92. The average Bonchev–Trinajstić information content (AvgIpc) is 2.55. The Morgan fingerprint density at radius 2 is 1.67 bits per heavy atom. The second-order valence-corrected chi connectivity index (χ2v) is 5.99. The molecule has 1 aromatic rings. The molecule has 2 rings (SSSR count). The van der Waals surface area contributed by atoms with Gasteiger partial charge < -0.3 is 14.6 Å². The van der Waals surface area contributed by atoms with Crippen LogP contribution in [0.25, 0.3) is 0 Å². The van der Waals surface area contributed by atoms with E-state index in [1.807, 2.05) is 0 Å². The lowest BCUT2D eigenvalue weighted by atomic mass is 9.74. The first kappa shape index (κ1) is 20.5. The number of halogens is 3. The average molecular weight is 386 g/mol. The maximum atomic E-state index is 12.7. The largest absolute Gasteiger partial charge is 0.481 e. The third kappa shape index (κ3) is 5.57. The van der Waals surface area contributed by atoms with Crippen LogP contribution in [0.4, 0.5) is 13.2 Å². The molecule has 9 heteroatoms. The molecule has 27 heavy (non-hydrogen) atoms. The molecule has 0 aliphatic heterocycles. The summed E-state index contributed by atoms with van der Waals surface area (Å²) in [4.78, 5) is 33.6. The van der Waals surface area contributed by atoms with E-state index in [1.54, 1.807) is 0 Å². The van der Waals surface area contributed by atoms with Crippen LogP contribution in [0.5, 0.6) is 0 Å². The highest BCUT2D eigenvalue weighted by Crippen LogP contribution is 2.45. The van der Waals surface area contributed by atoms with Gasteiger partial charge in [-0.25, -0.2) is 9.59 Å². The molecule has 0 saturated heterocycles. The summed E-state index contributed by atoms with van der Waals surface area (Å²) < 4.78 is 47.9. The number of carboxylic acids is 1. The van der Waals surface area contributed by atoms with Gasteiger partial charge in [0.2, 0.25) is 0 Å². The lowest BCUT2D eigenvalue weighted by molar-refractivity contribution is -0.165. The van der Waals surface area contributed by atoms with Gasteiger partial charge in [-0.3, -0.25) is 4.79 Å². The van der Waals surface area contributed by atoms with Crippen LogP contribution >= 0.6 is 0 Å². The number of benzene rings is 1. The quantitative estimate of drug-likeness (QED) is 0.572. The Hall–Kier alpha value is -2.84. The molecule has 1 aromatic carbocycles. The second-order valence-electron chi connectivity index (χ2n) is 5.99. The van der Waals surface area contributed by atoms with Crippen molar-refractivity contribution in [3.05, 3.63) is 47.5 Å². The summed E-state index contributed by atoms with van der Waals surface area (Å²) in [7, 11) is 0. The minimum atomic E-state index is -4.45. The van der Waals surface area contributed by atoms with E-state index in [2.05, 4.69) is 4.74 Å². The van der Waals surface area contributed by atoms with Crippen LogP contribution in [-0.4, -0.2) is 29.6 Å². The van der Waals surface area contributed by atoms with Crippen LogP contribution in [0.3, 0.4) is 0 Å². The van der Waals surface area contributed by atoms with E-state index in [0.717, 1.165) is 30.7 Å². The molecule has 0 aromatic heterocycles. The van der Waals surface area contributed by atoms with Gasteiger partial charge in [0.15, 0.2) is 0 Å². The van der Waals surface area contributed by atoms with Crippen LogP contribution in [0.1, 0.15) is 36.8 Å². The van der Waals surface area contributed by atoms with Gasteiger partial charge in [0.05, 0.1) is 12.0 Å². The smallest absolute Gasteiger partial charge is 0.416 e. The molecule has 0 atom stereocenters. The summed E-state index contributed by atoms with van der Waals surface area (Å²) in [5.74, 6) is -2.87. The van der Waals surface area contributed by atoms with Crippen molar-refractivity contribution in [3.8, 4) is 0 Å². The fraction of sp³-hybridized carbons (Fsp3) is 0.389. The highest BCUT2D eigenvalue weighted by Gasteiger charge is 2.42. The Morgan fingerprint density at radius 3 is 2.15 bits per heavy atom. The zero-order chi connectivity index (χ0) is 20.1. The maximum absolute atomic E-state index is 12.7. The van der Waals surface area contributed by atoms with Gasteiger partial charge in [0.1, 0.15) is 12.2 Å². The number of rotatable bonds is 7. The zero-order valence-corrected chi connectivity index (χ0v) is 14.1. The molecule has 1 N–H and O–H groups in total. The van der Waals surface area contributed by atoms with Gasteiger partial charge in [0.25, 0.3) is 0 Å². The zero-order valence-electron chi connectivity index (χ0n) is 14.1. The molecule has 1 aliphatic rings. The molecular formula is C18H17F3O6. The summed E-state index contributed by atoms with van der Waals surface area (Å²) in [5, 5.41) is 8.43. The van der Waals surface area contributed by atoms with E-state index >= 15 is 0 Å². The molecule has 6 nitrogen and oxygen atoms in total. The molecule has 1 fully saturated rings. The monoisotopic (exact) mass is 386 g/mol. The van der Waals surface area contributed by atoms with Crippen molar-refractivity contribution in [2.24, 2.45) is 0 Å². The second kappa shape index (κ2) is 8.24. The van der Waals surface area contributed by atoms with Crippen LogP contribution in [0, 0.1) is 0 Å². The van der Waals surface area contributed by atoms with E-state index in [0.29, 0.717) is 18.4 Å². The Balaban J connectivity index is 1.97. The number of hydrogen-bond acceptors (Lipinski definition) is 5. The number of alkyl halides is 3. The maximum Gasteiger partial charge on any atom is 0.416 e. The number of ether oxygens (including phenoxy) is 2. The van der Waals surface area contributed by atoms with Crippen LogP contribution in [0.15, 0.2) is 36.4 Å². The van der Waals surface area contributed by atoms with Gasteiger partial charge in [-0.15, -0.1) is 0 Å². The van der Waals surface area contributed by atoms with E-state index in [9.17, 15) is 27.6 Å². The normalized spacial score (nSPS) is 15.8. The topological polar surface area (TPSA) is 89.9 Å². The molecule has 0 amide bonds. The van der Waals surface area contributed by atoms with Crippen molar-refractivity contribution in [3.63, 3.8) is 0 Å². The van der Waals surface area contributed by atoms with Crippen LogP contribution in [0.2, 0.25) is 0 Å². The summed E-state index contributed by atoms with van der Waals surface area (Å²) in [6.07, 6.45) is -1.50. The van der Waals surface area contributed by atoms with E-state index in [-0.39, 0.29) is 13.0 Å². The van der Waals surface area contributed by atoms with Crippen molar-refractivity contribution < 1.29 is 42.1 Å². The molecule has 1 saturated carbocycles. The molecule has 146 valence electrons. The minimum Gasteiger partial charge on any atom is -0.481 e. The van der Waals surface area contributed by atoms with Crippen molar-refractivity contribution in [2.75, 3.05) is 6.61 Å². The SMILES string of the molecule is O=C(O)CCOC(=O)C=CC(=O)OC1(c2ccc(C(F)(F)F)cc2)CCC1. The van der Waals surface area contributed by atoms with Crippen molar-refractivity contribution in [1.29, 1.82) is 0 Å². The molecule has 0 bridgehead atoms. The first-order chi connectivity index (χ1) is 12.6. The first-order valence-corrected chi connectivity index (χ1v) is 8.10. The number of carbonyl (C=O) groups is 3. The van der Waals surface area contributed by atoms with Gasteiger partial charge in [-0.1, -0.05) is 12.1 Å². The summed E-state index contributed by atoms with van der Waals surface area (Å²) >= 11 is 0. The van der Waals surface area contributed by atoms with Crippen molar-refractivity contribution in [2.45, 2.75) is 37.5 Å². The van der Waals surface area contributed by atoms with Crippen LogP contribution in [-0.2, 0) is 35.6 Å². The molecule has 0 heterocycles. The Morgan fingerprint density at radius 1 is 1.07 bits per heavy atom. The van der Waals surface area contributed by atoms with Crippen molar-refractivity contribution >= 4 is 17.9 Å². The van der Waals surface area contributed by atoms with Gasteiger partial charge in [-0.2, -0.15) is 13.2 Å². The Labute approximate surface area is 152 Å². The Kier molecular flexibility index (Phi) is 6.24. The summed E-state index contributed by atoms with van der Waals surface area (Å²) in [6, 6.07) is 4.41. The standard InChI is InChI=1S/C18H17F3O6/c19-18(20,21)13-4-2-12(3-5-13)17(9-1-10-17)27-16(25)7-6-15(24)26-11-8-14(22)23/h2-7H,1,8-11H2,(H,22,23). The lowest BCUT2D eigenvalue weighted by Crippen LogP contribution is -2.38. The molecule has 0 unspecified atom stereocenters. The third-order valence-corrected chi connectivity index (χ3v) is 4.11. The summed E-state index contributed by atoms with van der Waals surface area (Å²) in [5.41, 5.74) is -1.36. The van der Waals surface area contributed by atoms with Gasteiger partial charge in [-0.05, 0) is 37.0 Å². The molecular weight excluding hydrogens is 369 g/mol. The highest BCUT2D eigenvalue weighted by atomic mass is 19.4. The van der Waals surface area contributed by atoms with Gasteiger partial charge in [0, 0.05) is 12.2 Å². The van der Waals surface area contributed by atoms with Crippen LogP contribution < -0.4 is 0 Å². The van der Waals surface area contributed by atoms with Gasteiger partial charge >= 0.3 is 24.1 Å². The fourth-order valence-corrected chi connectivity index (χ4v) is 2.56. The molecule has 1 aliphatic carbocycles.